The van der Waals surface area contributed by atoms with Gasteiger partial charge in [0.05, 0.1) is 16.8 Å². The predicted molar refractivity (Wildman–Crippen MR) is 246 cm³/mol. The lowest BCUT2D eigenvalue weighted by atomic mass is 9.61. The maximum atomic E-state index is 4.36. The van der Waals surface area contributed by atoms with Crippen LogP contribution in [-0.4, -0.2) is 18.0 Å². The van der Waals surface area contributed by atoms with E-state index in [0.717, 1.165) is 27.9 Å². The second-order valence-electron chi connectivity index (χ2n) is 15.9. The lowest BCUT2D eigenvalue weighted by molar-refractivity contribution is 0.734. The summed E-state index contributed by atoms with van der Waals surface area (Å²) in [5, 5.41) is 5.65. The van der Waals surface area contributed by atoms with Crippen LogP contribution in [0.2, 0.25) is 0 Å². The second-order valence-corrected chi connectivity index (χ2v) is 19.7. The van der Waals surface area contributed by atoms with Crippen molar-refractivity contribution in [3.63, 3.8) is 0 Å². The molecule has 2 aliphatic heterocycles. The zero-order valence-electron chi connectivity index (χ0n) is 33.0. The number of hydrogen-bond donors (Lipinski definition) is 0. The third-order valence-corrected chi connectivity index (χ3v) is 17.6. The van der Waals surface area contributed by atoms with Gasteiger partial charge in [-0.05, 0) is 134 Å². The van der Waals surface area contributed by atoms with Crippen molar-refractivity contribution in [3.8, 4) is 22.3 Å². The molecule has 59 heavy (non-hydrogen) atoms. The summed E-state index contributed by atoms with van der Waals surface area (Å²) in [5.74, 6) is 0. The van der Waals surface area contributed by atoms with E-state index in [0.29, 0.717) is 0 Å². The van der Waals surface area contributed by atoms with Crippen LogP contribution in [0.3, 0.4) is 0 Å². The van der Waals surface area contributed by atoms with Crippen molar-refractivity contribution in [1.29, 1.82) is 0 Å². The molecule has 280 valence electrons. The summed E-state index contributed by atoms with van der Waals surface area (Å²) in [6, 6.07) is 71.1. The molecule has 11 rings (SSSR count). The molecule has 4 heterocycles. The highest BCUT2D eigenvalue weighted by Gasteiger charge is 2.57. The number of fused-ring (bicyclic) bond motifs is 8. The number of hydrogen-bond acceptors (Lipinski definition) is 3. The summed E-state index contributed by atoms with van der Waals surface area (Å²) < 4.78 is 0. The molecule has 0 saturated carbocycles. The number of nitrogens with zero attached hydrogens (tertiary/aromatic N) is 3. The van der Waals surface area contributed by atoms with Gasteiger partial charge < -0.3 is 4.90 Å². The number of benzene rings is 7. The second kappa shape index (κ2) is 13.8. The van der Waals surface area contributed by atoms with Crippen LogP contribution in [0.15, 0.2) is 213 Å². The van der Waals surface area contributed by atoms with Crippen LogP contribution in [0, 0.1) is 13.8 Å². The number of aromatic nitrogens is 2. The van der Waals surface area contributed by atoms with Crippen LogP contribution in [-0.2, 0) is 5.41 Å². The minimum Gasteiger partial charge on any atom is -0.310 e. The zero-order valence-corrected chi connectivity index (χ0v) is 34.0. The van der Waals surface area contributed by atoms with Gasteiger partial charge in [0.15, 0.2) is 8.07 Å². The smallest absolute Gasteiger partial charge is 0.180 e. The summed E-state index contributed by atoms with van der Waals surface area (Å²) in [5.41, 5.74) is 15.1. The minimum atomic E-state index is -2.85. The minimum absolute atomic E-state index is 0.608. The van der Waals surface area contributed by atoms with Crippen molar-refractivity contribution in [2.24, 2.45) is 0 Å². The number of rotatable bonds is 5. The van der Waals surface area contributed by atoms with Gasteiger partial charge in [0.25, 0.3) is 0 Å². The number of anilines is 3. The average Bonchev–Trinajstić information content (AvgIpc) is 3.30. The molecule has 0 N–H and O–H groups in total. The Bertz CT molecular complexity index is 2820. The summed E-state index contributed by atoms with van der Waals surface area (Å²) in [4.78, 5) is 11.2. The van der Waals surface area contributed by atoms with Gasteiger partial charge in [-0.25, -0.2) is 0 Å². The molecule has 2 aliphatic rings. The number of aryl methyl sites for hydroxylation is 2. The van der Waals surface area contributed by atoms with E-state index in [2.05, 4.69) is 217 Å². The molecule has 0 amide bonds. The molecule has 0 saturated heterocycles. The molecular formula is C55H41N3Si. The highest BCUT2D eigenvalue weighted by molar-refractivity contribution is 7.20. The lowest BCUT2D eigenvalue weighted by Gasteiger charge is -2.53. The normalized spacial score (nSPS) is 14.2. The summed E-state index contributed by atoms with van der Waals surface area (Å²) >= 11 is 0. The maximum Gasteiger partial charge on any atom is 0.180 e. The van der Waals surface area contributed by atoms with Gasteiger partial charge in [-0.1, -0.05) is 145 Å². The van der Waals surface area contributed by atoms with Crippen molar-refractivity contribution in [2.45, 2.75) is 19.3 Å². The van der Waals surface area contributed by atoms with Gasteiger partial charge in [-0.3, -0.25) is 9.97 Å². The molecule has 9 aromatic rings. The number of pyridine rings is 2. The first kappa shape index (κ1) is 35.1. The van der Waals surface area contributed by atoms with E-state index in [1.54, 1.807) is 0 Å². The van der Waals surface area contributed by atoms with E-state index < -0.39 is 13.5 Å². The van der Waals surface area contributed by atoms with Crippen molar-refractivity contribution >= 4 is 45.9 Å². The van der Waals surface area contributed by atoms with Crippen LogP contribution < -0.4 is 25.6 Å². The Kier molecular flexibility index (Phi) is 8.17. The quantitative estimate of drug-likeness (QED) is 0.163. The van der Waals surface area contributed by atoms with E-state index in [-0.39, 0.29) is 0 Å². The first-order valence-electron chi connectivity index (χ1n) is 20.4. The van der Waals surface area contributed by atoms with E-state index in [1.807, 2.05) is 24.8 Å². The molecule has 0 atom stereocenters. The van der Waals surface area contributed by atoms with Gasteiger partial charge in [0, 0.05) is 30.5 Å². The lowest BCUT2D eigenvalue weighted by Crippen LogP contribution is -2.79. The van der Waals surface area contributed by atoms with Crippen molar-refractivity contribution in [3.05, 3.63) is 246 Å². The standard InChI is InChI=1S/C55H41N3Si/c1-38-21-23-51-49(33-38)55(47-17-9-11-19-53(47)59(45-13-5-3-6-14-45,46-15-7-4-8-16-46)54-20-12-10-18-48(54)55)50-34-39(2)22-24-52(50)58(51)44-36-42(40-25-29-56-30-26-40)35-43(37-44)41-27-31-57-32-28-41/h3-37H,1-2H3. The van der Waals surface area contributed by atoms with Crippen LogP contribution in [0.1, 0.15) is 33.4 Å². The maximum absolute atomic E-state index is 4.36. The Morgan fingerprint density at radius 3 is 1.27 bits per heavy atom. The molecule has 0 unspecified atom stereocenters. The Morgan fingerprint density at radius 1 is 0.390 bits per heavy atom. The van der Waals surface area contributed by atoms with Crippen LogP contribution >= 0.6 is 0 Å². The molecule has 0 aliphatic carbocycles. The Hall–Kier alpha value is -7.14. The highest BCUT2D eigenvalue weighted by Crippen LogP contribution is 2.59. The first-order chi connectivity index (χ1) is 29.1. The van der Waals surface area contributed by atoms with Crippen molar-refractivity contribution < 1.29 is 0 Å². The highest BCUT2D eigenvalue weighted by atomic mass is 28.3. The fraction of sp³-hybridized carbons (Fsp3) is 0.0545. The van der Waals surface area contributed by atoms with Gasteiger partial charge in [-0.15, -0.1) is 0 Å². The van der Waals surface area contributed by atoms with Gasteiger partial charge in [-0.2, -0.15) is 0 Å². The molecule has 0 fully saturated rings. The Labute approximate surface area is 347 Å². The van der Waals surface area contributed by atoms with E-state index in [9.17, 15) is 0 Å². The molecule has 1 spiro atoms. The third-order valence-electron chi connectivity index (χ3n) is 12.7. The van der Waals surface area contributed by atoms with Crippen molar-refractivity contribution in [1.82, 2.24) is 9.97 Å². The SMILES string of the molecule is Cc1ccc2c(c1)C1(c3cc(C)ccc3N2c2cc(-c3ccncc3)cc(-c3ccncc3)c2)c2ccccc2[Si](c2ccccc2)(c2ccccc2)c2ccccc21. The van der Waals surface area contributed by atoms with E-state index >= 15 is 0 Å². The van der Waals surface area contributed by atoms with Crippen LogP contribution in [0.25, 0.3) is 22.3 Å². The van der Waals surface area contributed by atoms with E-state index in [1.165, 1.54) is 65.5 Å². The first-order valence-corrected chi connectivity index (χ1v) is 22.4. The largest absolute Gasteiger partial charge is 0.310 e. The Morgan fingerprint density at radius 2 is 0.814 bits per heavy atom. The molecule has 2 aromatic heterocycles. The topological polar surface area (TPSA) is 29.0 Å². The molecule has 7 aromatic carbocycles. The van der Waals surface area contributed by atoms with Gasteiger partial charge in [0.1, 0.15) is 0 Å². The monoisotopic (exact) mass is 771 g/mol. The summed E-state index contributed by atoms with van der Waals surface area (Å²) in [7, 11) is -2.85. The average molecular weight is 772 g/mol. The van der Waals surface area contributed by atoms with Gasteiger partial charge >= 0.3 is 0 Å². The van der Waals surface area contributed by atoms with E-state index in [4.69, 9.17) is 0 Å². The fourth-order valence-corrected chi connectivity index (χ4v) is 15.6. The van der Waals surface area contributed by atoms with Crippen LogP contribution in [0.4, 0.5) is 17.1 Å². The van der Waals surface area contributed by atoms with Gasteiger partial charge in [0.2, 0.25) is 0 Å². The Balaban J connectivity index is 1.27. The van der Waals surface area contributed by atoms with Crippen molar-refractivity contribution in [2.75, 3.05) is 4.90 Å². The molecule has 0 bridgehead atoms. The molecule has 3 nitrogen and oxygen atoms in total. The summed E-state index contributed by atoms with van der Waals surface area (Å²) in [6.45, 7) is 4.48. The molecular weight excluding hydrogens is 731 g/mol. The van der Waals surface area contributed by atoms with Crippen LogP contribution in [0.5, 0.6) is 0 Å². The molecule has 0 radical (unpaired) electrons. The fourth-order valence-electron chi connectivity index (χ4n) is 10.3. The predicted octanol–water partition coefficient (Wildman–Crippen LogP) is 10.3. The third kappa shape index (κ3) is 5.20. The summed E-state index contributed by atoms with van der Waals surface area (Å²) in [6.07, 6.45) is 7.50. The zero-order chi connectivity index (χ0) is 39.6. The molecule has 4 heteroatoms.